The third-order valence-electron chi connectivity index (χ3n) is 4.82. The van der Waals surface area contributed by atoms with Crippen LogP contribution in [-0.4, -0.2) is 58.8 Å². The van der Waals surface area contributed by atoms with Crippen molar-refractivity contribution in [2.75, 3.05) is 26.2 Å². The van der Waals surface area contributed by atoms with Crippen molar-refractivity contribution < 1.29 is 14.3 Å². The van der Waals surface area contributed by atoms with Gasteiger partial charge in [0.25, 0.3) is 5.91 Å². The standard InChI is InChI=1S/C16H24N4O3/c1-10(2)16(22)20-7-12-11(9-23-14(12)8-20)6-17-15(21)13-4-5-18-19(13)3/h4-5,10-12,14H,6-9H2,1-3H3,(H,17,21)/t11-,12-,14-/m1/s1. The summed E-state index contributed by atoms with van der Waals surface area (Å²) >= 11 is 0. The number of fused-ring (bicyclic) bond motifs is 1. The van der Waals surface area contributed by atoms with Crippen LogP contribution < -0.4 is 5.32 Å². The second-order valence-corrected chi connectivity index (χ2v) is 6.74. The third-order valence-corrected chi connectivity index (χ3v) is 4.82. The number of ether oxygens (including phenoxy) is 1. The molecule has 2 aliphatic heterocycles. The predicted octanol–water partition coefficient (Wildman–Crippen LogP) is 0.279. The van der Waals surface area contributed by atoms with E-state index in [-0.39, 0.29) is 29.8 Å². The number of amides is 2. The molecule has 3 heterocycles. The minimum Gasteiger partial charge on any atom is -0.376 e. The zero-order valence-corrected chi connectivity index (χ0v) is 13.9. The van der Waals surface area contributed by atoms with Gasteiger partial charge in [0.05, 0.1) is 12.7 Å². The first-order chi connectivity index (χ1) is 11.0. The number of aryl methyl sites for hydroxylation is 1. The monoisotopic (exact) mass is 320 g/mol. The van der Waals surface area contributed by atoms with E-state index in [0.29, 0.717) is 31.3 Å². The lowest BCUT2D eigenvalue weighted by atomic mass is 9.93. The number of hydrogen-bond acceptors (Lipinski definition) is 4. The van der Waals surface area contributed by atoms with E-state index in [1.165, 1.54) is 0 Å². The molecule has 3 atom stereocenters. The van der Waals surface area contributed by atoms with Crippen molar-refractivity contribution in [3.63, 3.8) is 0 Å². The van der Waals surface area contributed by atoms with Crippen LogP contribution in [0.2, 0.25) is 0 Å². The van der Waals surface area contributed by atoms with Crippen LogP contribution in [0.3, 0.4) is 0 Å². The Labute approximate surface area is 136 Å². The van der Waals surface area contributed by atoms with Crippen molar-refractivity contribution in [2.45, 2.75) is 20.0 Å². The van der Waals surface area contributed by atoms with E-state index in [2.05, 4.69) is 10.4 Å². The maximum atomic E-state index is 12.2. The summed E-state index contributed by atoms with van der Waals surface area (Å²) in [5.41, 5.74) is 0.545. The lowest BCUT2D eigenvalue weighted by Crippen LogP contribution is -2.37. The lowest BCUT2D eigenvalue weighted by molar-refractivity contribution is -0.134. The summed E-state index contributed by atoms with van der Waals surface area (Å²) in [6.07, 6.45) is 1.71. The molecule has 2 saturated heterocycles. The molecule has 2 amide bonds. The first-order valence-electron chi connectivity index (χ1n) is 8.14. The van der Waals surface area contributed by atoms with Gasteiger partial charge in [-0.2, -0.15) is 5.10 Å². The summed E-state index contributed by atoms with van der Waals surface area (Å²) in [6.45, 7) is 6.45. The molecule has 0 aromatic carbocycles. The summed E-state index contributed by atoms with van der Waals surface area (Å²) in [6, 6.07) is 1.70. The van der Waals surface area contributed by atoms with E-state index >= 15 is 0 Å². The zero-order valence-electron chi connectivity index (χ0n) is 13.9. The Kier molecular flexibility index (Phi) is 4.39. The van der Waals surface area contributed by atoms with Crippen molar-refractivity contribution in [3.8, 4) is 0 Å². The van der Waals surface area contributed by atoms with Gasteiger partial charge in [-0.25, -0.2) is 0 Å². The first kappa shape index (κ1) is 16.0. The van der Waals surface area contributed by atoms with Gasteiger partial charge >= 0.3 is 0 Å². The number of hydrogen-bond donors (Lipinski definition) is 1. The van der Waals surface area contributed by atoms with Crippen LogP contribution >= 0.6 is 0 Å². The minimum atomic E-state index is -0.124. The molecule has 1 aromatic heterocycles. The molecule has 1 N–H and O–H groups in total. The van der Waals surface area contributed by atoms with Crippen molar-refractivity contribution in [3.05, 3.63) is 18.0 Å². The summed E-state index contributed by atoms with van der Waals surface area (Å²) < 4.78 is 7.39. The second-order valence-electron chi connectivity index (χ2n) is 6.74. The maximum Gasteiger partial charge on any atom is 0.269 e. The Morgan fingerprint density at radius 2 is 2.22 bits per heavy atom. The largest absolute Gasteiger partial charge is 0.376 e. The molecule has 2 fully saturated rings. The fraction of sp³-hybridized carbons (Fsp3) is 0.688. The van der Waals surface area contributed by atoms with Gasteiger partial charge in [0.15, 0.2) is 0 Å². The molecule has 0 bridgehead atoms. The molecule has 0 spiro atoms. The van der Waals surface area contributed by atoms with E-state index in [4.69, 9.17) is 4.74 Å². The van der Waals surface area contributed by atoms with E-state index in [9.17, 15) is 9.59 Å². The molecule has 1 aromatic rings. The first-order valence-corrected chi connectivity index (χ1v) is 8.14. The molecule has 126 valence electrons. The lowest BCUT2D eigenvalue weighted by Gasteiger charge is -2.21. The molecule has 3 rings (SSSR count). The van der Waals surface area contributed by atoms with Crippen LogP contribution in [0.4, 0.5) is 0 Å². The summed E-state index contributed by atoms with van der Waals surface area (Å²) in [5, 5.41) is 6.97. The van der Waals surface area contributed by atoms with Crippen molar-refractivity contribution in [2.24, 2.45) is 24.8 Å². The van der Waals surface area contributed by atoms with Crippen LogP contribution in [0.5, 0.6) is 0 Å². The fourth-order valence-corrected chi connectivity index (χ4v) is 3.47. The highest BCUT2D eigenvalue weighted by Crippen LogP contribution is 2.33. The highest BCUT2D eigenvalue weighted by molar-refractivity contribution is 5.92. The smallest absolute Gasteiger partial charge is 0.269 e. The van der Waals surface area contributed by atoms with Gasteiger partial charge in [-0.15, -0.1) is 0 Å². The second kappa shape index (κ2) is 6.31. The van der Waals surface area contributed by atoms with Gasteiger partial charge in [0.1, 0.15) is 5.69 Å². The molecule has 23 heavy (non-hydrogen) atoms. The Bertz CT molecular complexity index is 598. The predicted molar refractivity (Wildman–Crippen MR) is 83.7 cm³/mol. The number of carbonyl (C=O) groups excluding carboxylic acids is 2. The molecular formula is C16H24N4O3. The molecule has 7 nitrogen and oxygen atoms in total. The van der Waals surface area contributed by atoms with Gasteiger partial charge < -0.3 is 15.0 Å². The minimum absolute atomic E-state index is 0.0109. The molecule has 2 aliphatic rings. The Morgan fingerprint density at radius 3 is 2.87 bits per heavy atom. The van der Waals surface area contributed by atoms with E-state index in [1.54, 1.807) is 24.0 Å². The molecular weight excluding hydrogens is 296 g/mol. The highest BCUT2D eigenvalue weighted by atomic mass is 16.5. The molecule has 0 radical (unpaired) electrons. The van der Waals surface area contributed by atoms with Crippen molar-refractivity contribution in [1.82, 2.24) is 20.0 Å². The third kappa shape index (κ3) is 3.10. The number of likely N-dealkylation sites (tertiary alicyclic amines) is 1. The Balaban J connectivity index is 1.55. The van der Waals surface area contributed by atoms with E-state index < -0.39 is 0 Å². The summed E-state index contributed by atoms with van der Waals surface area (Å²) in [7, 11) is 1.75. The fourth-order valence-electron chi connectivity index (χ4n) is 3.47. The number of aromatic nitrogens is 2. The van der Waals surface area contributed by atoms with Crippen LogP contribution in [0, 0.1) is 17.8 Å². The Hall–Kier alpha value is -1.89. The zero-order chi connectivity index (χ0) is 16.6. The van der Waals surface area contributed by atoms with E-state index in [1.807, 2.05) is 18.7 Å². The molecule has 0 saturated carbocycles. The van der Waals surface area contributed by atoms with Crippen LogP contribution in [0.1, 0.15) is 24.3 Å². The molecule has 7 heteroatoms. The van der Waals surface area contributed by atoms with Gasteiger partial charge in [-0.05, 0) is 6.07 Å². The topological polar surface area (TPSA) is 76.5 Å². The van der Waals surface area contributed by atoms with Crippen molar-refractivity contribution >= 4 is 11.8 Å². The van der Waals surface area contributed by atoms with Gasteiger partial charge in [-0.3, -0.25) is 14.3 Å². The molecule has 0 aliphatic carbocycles. The summed E-state index contributed by atoms with van der Waals surface area (Å²) in [4.78, 5) is 26.2. The number of rotatable bonds is 4. The SMILES string of the molecule is CC(C)C(=O)N1C[C@@H]2[C@H](CNC(=O)c3ccnn3C)CO[C@@H]2C1. The average molecular weight is 320 g/mol. The number of carbonyl (C=O) groups is 2. The molecule has 0 unspecified atom stereocenters. The van der Waals surface area contributed by atoms with Crippen LogP contribution in [0.25, 0.3) is 0 Å². The van der Waals surface area contributed by atoms with Gasteiger partial charge in [-0.1, -0.05) is 13.8 Å². The van der Waals surface area contributed by atoms with Crippen molar-refractivity contribution in [1.29, 1.82) is 0 Å². The Morgan fingerprint density at radius 1 is 1.43 bits per heavy atom. The normalized spacial score (nSPS) is 26.6. The van der Waals surface area contributed by atoms with Crippen LogP contribution in [0.15, 0.2) is 12.3 Å². The van der Waals surface area contributed by atoms with E-state index in [0.717, 1.165) is 6.54 Å². The summed E-state index contributed by atoms with van der Waals surface area (Å²) in [5.74, 6) is 0.630. The quantitative estimate of drug-likeness (QED) is 0.864. The maximum absolute atomic E-state index is 12.2. The van der Waals surface area contributed by atoms with Crippen LogP contribution in [-0.2, 0) is 16.6 Å². The highest BCUT2D eigenvalue weighted by Gasteiger charge is 2.45. The van der Waals surface area contributed by atoms with Gasteiger partial charge in [0, 0.05) is 50.6 Å². The number of nitrogens with zero attached hydrogens (tertiary/aromatic N) is 3. The average Bonchev–Trinajstić information content (AvgIpc) is 3.19. The number of nitrogens with one attached hydrogen (secondary N) is 1. The van der Waals surface area contributed by atoms with Gasteiger partial charge in [0.2, 0.25) is 5.91 Å².